The number of pyridine rings is 1. The van der Waals surface area contributed by atoms with Crippen molar-refractivity contribution in [1.82, 2.24) is 25.1 Å². The maximum absolute atomic E-state index is 11.4. The summed E-state index contributed by atoms with van der Waals surface area (Å²) in [5, 5.41) is 6.58. The van der Waals surface area contributed by atoms with E-state index in [1.54, 1.807) is 18.6 Å². The van der Waals surface area contributed by atoms with Gasteiger partial charge in [0.05, 0.1) is 18.0 Å². The first-order chi connectivity index (χ1) is 7.36. The van der Waals surface area contributed by atoms with Gasteiger partial charge in [-0.1, -0.05) is 0 Å². The fourth-order valence-electron chi connectivity index (χ4n) is 1.58. The molecule has 0 aromatic carbocycles. The van der Waals surface area contributed by atoms with Gasteiger partial charge in [0.1, 0.15) is 0 Å². The van der Waals surface area contributed by atoms with Gasteiger partial charge in [-0.05, 0) is 0 Å². The van der Waals surface area contributed by atoms with E-state index in [1.165, 1.54) is 6.33 Å². The Morgan fingerprint density at radius 3 is 2.93 bits per heavy atom. The van der Waals surface area contributed by atoms with E-state index in [2.05, 4.69) is 25.1 Å². The summed E-state index contributed by atoms with van der Waals surface area (Å²) in [6, 6.07) is 0. The van der Waals surface area contributed by atoms with E-state index in [4.69, 9.17) is 0 Å². The molecule has 3 heterocycles. The van der Waals surface area contributed by atoms with Crippen LogP contribution in [0.25, 0.3) is 22.2 Å². The number of aromatic nitrogens is 5. The predicted molar refractivity (Wildman–Crippen MR) is 54.3 cm³/mol. The van der Waals surface area contributed by atoms with Gasteiger partial charge < -0.3 is 9.97 Å². The third-order valence-corrected chi connectivity index (χ3v) is 2.28. The molecule has 15 heavy (non-hydrogen) atoms. The van der Waals surface area contributed by atoms with Crippen molar-refractivity contribution in [3.63, 3.8) is 0 Å². The number of rotatable bonds is 1. The second-order valence-corrected chi connectivity index (χ2v) is 3.14. The molecule has 6 heteroatoms. The third-order valence-electron chi connectivity index (χ3n) is 2.28. The van der Waals surface area contributed by atoms with Crippen LogP contribution in [0.5, 0.6) is 0 Å². The van der Waals surface area contributed by atoms with Crippen LogP contribution in [0.2, 0.25) is 0 Å². The number of imidazole rings is 1. The van der Waals surface area contributed by atoms with Gasteiger partial charge in [0.2, 0.25) is 0 Å². The molecule has 0 saturated carbocycles. The molecule has 6 nitrogen and oxygen atoms in total. The van der Waals surface area contributed by atoms with Gasteiger partial charge in [0.15, 0.2) is 5.52 Å². The highest BCUT2D eigenvalue weighted by Gasteiger charge is 2.09. The number of nitrogens with one attached hydrogen (secondary N) is 3. The Balaban J connectivity index is 2.42. The molecule has 3 aromatic rings. The number of hydrogen-bond acceptors (Lipinski definition) is 3. The standard InChI is InChI=1S/C9H7N5O/c15-9-8-7(11-4-12-8)6(3-10-9)5-1-13-14-2-5/h1-4H,(H,10,15)(H,11,12)(H,13,14). The van der Waals surface area contributed by atoms with Crippen LogP contribution in [0.1, 0.15) is 0 Å². The number of nitrogens with zero attached hydrogens (tertiary/aromatic N) is 2. The highest BCUT2D eigenvalue weighted by molar-refractivity contribution is 5.90. The smallest absolute Gasteiger partial charge is 0.276 e. The molecule has 3 N–H and O–H groups in total. The topological polar surface area (TPSA) is 90.2 Å². The lowest BCUT2D eigenvalue weighted by molar-refractivity contribution is 1.09. The Hall–Kier alpha value is -2.37. The van der Waals surface area contributed by atoms with E-state index < -0.39 is 0 Å². The summed E-state index contributed by atoms with van der Waals surface area (Å²) in [6.45, 7) is 0. The van der Waals surface area contributed by atoms with Crippen LogP contribution in [0.15, 0.2) is 29.7 Å². The van der Waals surface area contributed by atoms with Gasteiger partial charge >= 0.3 is 0 Å². The predicted octanol–water partition coefficient (Wildman–Crippen LogP) is 0.641. The summed E-state index contributed by atoms with van der Waals surface area (Å²) >= 11 is 0. The van der Waals surface area contributed by atoms with E-state index in [-0.39, 0.29) is 5.56 Å². The van der Waals surface area contributed by atoms with Crippen LogP contribution in [-0.2, 0) is 0 Å². The first-order valence-corrected chi connectivity index (χ1v) is 4.40. The fraction of sp³-hybridized carbons (Fsp3) is 0. The van der Waals surface area contributed by atoms with Gasteiger partial charge in [-0.15, -0.1) is 0 Å². The molecule has 0 aliphatic carbocycles. The lowest BCUT2D eigenvalue weighted by Crippen LogP contribution is -2.05. The van der Waals surface area contributed by atoms with E-state index in [1.807, 2.05) is 0 Å². The van der Waals surface area contributed by atoms with Crippen LogP contribution >= 0.6 is 0 Å². The lowest BCUT2D eigenvalue weighted by Gasteiger charge is -1.97. The average molecular weight is 201 g/mol. The molecular weight excluding hydrogens is 194 g/mol. The first kappa shape index (κ1) is 7.98. The van der Waals surface area contributed by atoms with Crippen LogP contribution in [0, 0.1) is 0 Å². The quantitative estimate of drug-likeness (QED) is 0.539. The summed E-state index contributed by atoms with van der Waals surface area (Å²) < 4.78 is 0. The van der Waals surface area contributed by atoms with E-state index >= 15 is 0 Å². The molecule has 0 aliphatic rings. The van der Waals surface area contributed by atoms with Crippen LogP contribution in [0.4, 0.5) is 0 Å². The molecule has 0 aliphatic heterocycles. The van der Waals surface area contributed by atoms with E-state index in [9.17, 15) is 4.79 Å². The van der Waals surface area contributed by atoms with Gasteiger partial charge in [-0.2, -0.15) is 5.10 Å². The van der Waals surface area contributed by atoms with Gasteiger partial charge in [0, 0.05) is 23.5 Å². The zero-order valence-corrected chi connectivity index (χ0v) is 7.61. The molecule has 0 fully saturated rings. The first-order valence-electron chi connectivity index (χ1n) is 4.40. The minimum Gasteiger partial charge on any atom is -0.344 e. The molecule has 3 rings (SSSR count). The SMILES string of the molecule is O=c1[nH]cc(-c2cn[nH]c2)c2[nH]cnc12. The second-order valence-electron chi connectivity index (χ2n) is 3.14. The Kier molecular flexibility index (Phi) is 1.49. The van der Waals surface area contributed by atoms with Crippen molar-refractivity contribution in [2.24, 2.45) is 0 Å². The Bertz CT molecular complexity index is 649. The number of fused-ring (bicyclic) bond motifs is 1. The molecule has 0 atom stereocenters. The molecule has 0 amide bonds. The third kappa shape index (κ3) is 1.08. The van der Waals surface area contributed by atoms with Crippen molar-refractivity contribution in [2.75, 3.05) is 0 Å². The summed E-state index contributed by atoms with van der Waals surface area (Å²) in [5.74, 6) is 0. The minimum absolute atomic E-state index is 0.196. The summed E-state index contributed by atoms with van der Waals surface area (Å²) in [6.07, 6.45) is 6.60. The summed E-state index contributed by atoms with van der Waals surface area (Å²) in [4.78, 5) is 20.9. The Morgan fingerprint density at radius 2 is 2.13 bits per heavy atom. The molecule has 74 valence electrons. The van der Waals surface area contributed by atoms with Crippen molar-refractivity contribution < 1.29 is 0 Å². The van der Waals surface area contributed by atoms with Crippen LogP contribution < -0.4 is 5.56 Å². The number of hydrogen-bond donors (Lipinski definition) is 3. The summed E-state index contributed by atoms with van der Waals surface area (Å²) in [5.41, 5.74) is 2.71. The lowest BCUT2D eigenvalue weighted by atomic mass is 10.1. The fourth-order valence-corrected chi connectivity index (χ4v) is 1.58. The highest BCUT2D eigenvalue weighted by atomic mass is 16.1. The highest BCUT2D eigenvalue weighted by Crippen LogP contribution is 2.22. The Morgan fingerprint density at radius 1 is 1.20 bits per heavy atom. The zero-order valence-electron chi connectivity index (χ0n) is 7.61. The zero-order chi connectivity index (χ0) is 10.3. The van der Waals surface area contributed by atoms with E-state index in [0.29, 0.717) is 5.52 Å². The van der Waals surface area contributed by atoms with Crippen molar-refractivity contribution in [3.05, 3.63) is 35.3 Å². The molecule has 0 spiro atoms. The molecule has 0 saturated heterocycles. The average Bonchev–Trinajstić information content (AvgIpc) is 2.88. The number of aromatic amines is 3. The van der Waals surface area contributed by atoms with Crippen molar-refractivity contribution >= 4 is 11.0 Å². The largest absolute Gasteiger partial charge is 0.344 e. The normalized spacial score (nSPS) is 10.9. The van der Waals surface area contributed by atoms with Crippen molar-refractivity contribution in [2.45, 2.75) is 0 Å². The molecule has 0 bridgehead atoms. The Labute approximate surface area is 83.4 Å². The van der Waals surface area contributed by atoms with Crippen molar-refractivity contribution in [1.29, 1.82) is 0 Å². The molecule has 0 unspecified atom stereocenters. The van der Waals surface area contributed by atoms with Crippen LogP contribution in [-0.4, -0.2) is 25.1 Å². The van der Waals surface area contributed by atoms with Gasteiger partial charge in [-0.3, -0.25) is 9.89 Å². The molecule has 0 radical (unpaired) electrons. The second kappa shape index (κ2) is 2.81. The minimum atomic E-state index is -0.196. The molecule has 3 aromatic heterocycles. The monoisotopic (exact) mass is 201 g/mol. The van der Waals surface area contributed by atoms with E-state index in [0.717, 1.165) is 16.6 Å². The van der Waals surface area contributed by atoms with Gasteiger partial charge in [0.25, 0.3) is 5.56 Å². The molecular formula is C9H7N5O. The van der Waals surface area contributed by atoms with Crippen molar-refractivity contribution in [3.8, 4) is 11.1 Å². The van der Waals surface area contributed by atoms with Crippen LogP contribution in [0.3, 0.4) is 0 Å². The summed E-state index contributed by atoms with van der Waals surface area (Å²) in [7, 11) is 0. The maximum atomic E-state index is 11.4. The maximum Gasteiger partial charge on any atom is 0.276 e. The number of H-pyrrole nitrogens is 3. The van der Waals surface area contributed by atoms with Gasteiger partial charge in [-0.25, -0.2) is 4.98 Å².